The zero-order valence-electron chi connectivity index (χ0n) is 10.7. The number of rotatable bonds is 1. The second-order valence-electron chi connectivity index (χ2n) is 5.00. The van der Waals surface area contributed by atoms with Gasteiger partial charge in [0.15, 0.2) is 0 Å². The first kappa shape index (κ1) is 13.4. The molecule has 4 nitrogen and oxygen atoms in total. The summed E-state index contributed by atoms with van der Waals surface area (Å²) < 4.78 is 17.2. The first-order valence-electron chi connectivity index (χ1n) is 6.45. The van der Waals surface area contributed by atoms with E-state index in [-0.39, 0.29) is 12.6 Å². The summed E-state index contributed by atoms with van der Waals surface area (Å²) in [5.74, 6) is 0. The van der Waals surface area contributed by atoms with Gasteiger partial charge in [-0.25, -0.2) is 9.18 Å². The SMILES string of the molecule is O=C(O)N1CCC(n2ccc3c(Br)cccc32)C(F)C1. The van der Waals surface area contributed by atoms with Crippen LogP contribution in [0.1, 0.15) is 12.5 Å². The van der Waals surface area contributed by atoms with Crippen LogP contribution in [0.3, 0.4) is 0 Å². The van der Waals surface area contributed by atoms with Crippen molar-refractivity contribution in [1.29, 1.82) is 0 Å². The van der Waals surface area contributed by atoms with Crippen LogP contribution in [0.4, 0.5) is 9.18 Å². The highest BCUT2D eigenvalue weighted by Crippen LogP contribution is 2.32. The molecule has 1 aliphatic heterocycles. The number of carboxylic acid groups (broad SMARTS) is 1. The molecule has 6 heteroatoms. The number of piperidine rings is 1. The molecule has 0 saturated carbocycles. The summed E-state index contributed by atoms with van der Waals surface area (Å²) in [6, 6.07) is 7.47. The van der Waals surface area contributed by atoms with E-state index < -0.39 is 12.3 Å². The number of carbonyl (C=O) groups is 1. The maximum Gasteiger partial charge on any atom is 0.407 e. The molecule has 1 saturated heterocycles. The number of nitrogens with zero attached hydrogens (tertiary/aromatic N) is 2. The van der Waals surface area contributed by atoms with Crippen molar-refractivity contribution in [2.45, 2.75) is 18.6 Å². The van der Waals surface area contributed by atoms with E-state index in [0.717, 1.165) is 20.3 Å². The van der Waals surface area contributed by atoms with Crippen molar-refractivity contribution in [3.8, 4) is 0 Å². The van der Waals surface area contributed by atoms with Crippen LogP contribution in [0.2, 0.25) is 0 Å². The highest BCUT2D eigenvalue weighted by molar-refractivity contribution is 9.10. The van der Waals surface area contributed by atoms with Gasteiger partial charge < -0.3 is 14.6 Å². The number of fused-ring (bicyclic) bond motifs is 1. The Morgan fingerprint density at radius 3 is 2.90 bits per heavy atom. The Morgan fingerprint density at radius 1 is 1.40 bits per heavy atom. The van der Waals surface area contributed by atoms with Crippen molar-refractivity contribution in [3.63, 3.8) is 0 Å². The lowest BCUT2D eigenvalue weighted by atomic mass is 10.0. The van der Waals surface area contributed by atoms with E-state index >= 15 is 0 Å². The average molecular weight is 341 g/mol. The molecule has 1 aromatic carbocycles. The van der Waals surface area contributed by atoms with Crippen LogP contribution >= 0.6 is 15.9 Å². The minimum absolute atomic E-state index is 0.0618. The number of benzene rings is 1. The maximum absolute atomic E-state index is 14.3. The third kappa shape index (κ3) is 2.18. The van der Waals surface area contributed by atoms with E-state index in [1.807, 2.05) is 35.0 Å². The molecule has 106 valence electrons. The van der Waals surface area contributed by atoms with Crippen molar-refractivity contribution in [2.24, 2.45) is 0 Å². The van der Waals surface area contributed by atoms with E-state index in [1.165, 1.54) is 0 Å². The molecule has 2 atom stereocenters. The second kappa shape index (κ2) is 5.09. The standard InChI is InChI=1S/C14H14BrFN2O2/c15-10-2-1-3-12-9(10)4-7-18(12)13-5-6-17(14(19)20)8-11(13)16/h1-4,7,11,13H,5-6,8H2,(H,19,20). The highest BCUT2D eigenvalue weighted by Gasteiger charge is 2.32. The van der Waals surface area contributed by atoms with Gasteiger partial charge in [-0.2, -0.15) is 0 Å². The Labute approximate surface area is 123 Å². The lowest BCUT2D eigenvalue weighted by molar-refractivity contribution is 0.0807. The Balaban J connectivity index is 1.92. The van der Waals surface area contributed by atoms with Gasteiger partial charge in [0.05, 0.1) is 12.6 Å². The molecule has 1 aliphatic rings. The topological polar surface area (TPSA) is 45.5 Å². The van der Waals surface area contributed by atoms with Crippen LogP contribution in [0.25, 0.3) is 10.9 Å². The Hall–Kier alpha value is -1.56. The summed E-state index contributed by atoms with van der Waals surface area (Å²) in [5.41, 5.74) is 0.968. The van der Waals surface area contributed by atoms with Crippen LogP contribution in [-0.2, 0) is 0 Å². The molecule has 1 amide bonds. The van der Waals surface area contributed by atoms with Crippen molar-refractivity contribution in [3.05, 3.63) is 34.9 Å². The second-order valence-corrected chi connectivity index (χ2v) is 5.85. The quantitative estimate of drug-likeness (QED) is 0.860. The molecule has 2 aromatic rings. The highest BCUT2D eigenvalue weighted by atomic mass is 79.9. The molecular weight excluding hydrogens is 327 g/mol. The summed E-state index contributed by atoms with van der Waals surface area (Å²) >= 11 is 3.48. The van der Waals surface area contributed by atoms with Crippen LogP contribution in [0, 0.1) is 0 Å². The number of halogens is 2. The molecule has 1 N–H and O–H groups in total. The van der Waals surface area contributed by atoms with Gasteiger partial charge in [-0.05, 0) is 24.6 Å². The Bertz CT molecular complexity index is 658. The molecule has 0 spiro atoms. The third-order valence-corrected chi connectivity index (χ3v) is 4.54. The number of hydrogen-bond donors (Lipinski definition) is 1. The summed E-state index contributed by atoms with van der Waals surface area (Å²) in [7, 11) is 0. The fraction of sp³-hybridized carbons (Fsp3) is 0.357. The number of aromatic nitrogens is 1. The number of alkyl halides is 1. The maximum atomic E-state index is 14.3. The zero-order chi connectivity index (χ0) is 14.3. The van der Waals surface area contributed by atoms with E-state index in [1.54, 1.807) is 0 Å². The monoisotopic (exact) mass is 340 g/mol. The predicted octanol–water partition coefficient (Wildman–Crippen LogP) is 3.67. The van der Waals surface area contributed by atoms with E-state index in [4.69, 9.17) is 5.11 Å². The van der Waals surface area contributed by atoms with Crippen molar-refractivity contribution < 1.29 is 14.3 Å². The third-order valence-electron chi connectivity index (χ3n) is 3.84. The largest absolute Gasteiger partial charge is 0.465 e. The van der Waals surface area contributed by atoms with Gasteiger partial charge in [-0.1, -0.05) is 22.0 Å². The summed E-state index contributed by atoms with van der Waals surface area (Å²) in [5, 5.41) is 9.97. The van der Waals surface area contributed by atoms with Gasteiger partial charge in [0.1, 0.15) is 6.17 Å². The van der Waals surface area contributed by atoms with Crippen LogP contribution < -0.4 is 0 Å². The van der Waals surface area contributed by atoms with Crippen LogP contribution in [0.15, 0.2) is 34.9 Å². The normalized spacial score (nSPS) is 23.2. The first-order valence-corrected chi connectivity index (χ1v) is 7.24. The summed E-state index contributed by atoms with van der Waals surface area (Å²) in [6.07, 6.45) is 0.132. The molecule has 1 fully saturated rings. The lowest BCUT2D eigenvalue weighted by Crippen LogP contribution is -2.44. The smallest absolute Gasteiger partial charge is 0.407 e. The van der Waals surface area contributed by atoms with Gasteiger partial charge in [0.2, 0.25) is 0 Å². The molecule has 20 heavy (non-hydrogen) atoms. The average Bonchev–Trinajstić information content (AvgIpc) is 2.84. The van der Waals surface area contributed by atoms with Gasteiger partial charge in [-0.3, -0.25) is 0 Å². The Morgan fingerprint density at radius 2 is 2.20 bits per heavy atom. The van der Waals surface area contributed by atoms with Crippen molar-refractivity contribution in [1.82, 2.24) is 9.47 Å². The van der Waals surface area contributed by atoms with Gasteiger partial charge in [0, 0.05) is 28.1 Å². The van der Waals surface area contributed by atoms with Gasteiger partial charge >= 0.3 is 6.09 Å². The fourth-order valence-corrected chi connectivity index (χ4v) is 3.31. The fourth-order valence-electron chi connectivity index (χ4n) is 2.82. The number of likely N-dealkylation sites (tertiary alicyclic amines) is 1. The lowest BCUT2D eigenvalue weighted by Gasteiger charge is -2.34. The minimum atomic E-state index is -1.19. The first-order chi connectivity index (χ1) is 9.58. The summed E-state index contributed by atoms with van der Waals surface area (Å²) in [6.45, 7) is 0.307. The van der Waals surface area contributed by atoms with Crippen LogP contribution in [-0.4, -0.2) is 39.9 Å². The van der Waals surface area contributed by atoms with E-state index in [9.17, 15) is 9.18 Å². The molecule has 0 radical (unpaired) electrons. The molecule has 2 heterocycles. The molecule has 1 aromatic heterocycles. The molecule has 2 unspecified atom stereocenters. The molecule has 0 bridgehead atoms. The number of hydrogen-bond acceptors (Lipinski definition) is 1. The molecular formula is C14H14BrFN2O2. The zero-order valence-corrected chi connectivity index (χ0v) is 12.3. The predicted molar refractivity (Wildman–Crippen MR) is 77.8 cm³/mol. The Kier molecular flexibility index (Phi) is 3.41. The van der Waals surface area contributed by atoms with E-state index in [2.05, 4.69) is 15.9 Å². The van der Waals surface area contributed by atoms with Crippen LogP contribution in [0.5, 0.6) is 0 Å². The van der Waals surface area contributed by atoms with Gasteiger partial charge in [0.25, 0.3) is 0 Å². The minimum Gasteiger partial charge on any atom is -0.465 e. The van der Waals surface area contributed by atoms with Crippen molar-refractivity contribution in [2.75, 3.05) is 13.1 Å². The van der Waals surface area contributed by atoms with E-state index in [0.29, 0.717) is 13.0 Å². The molecule has 0 aliphatic carbocycles. The van der Waals surface area contributed by atoms with Crippen molar-refractivity contribution >= 4 is 32.9 Å². The number of amides is 1. The van der Waals surface area contributed by atoms with Gasteiger partial charge in [-0.15, -0.1) is 0 Å². The molecule has 3 rings (SSSR count). The summed E-state index contributed by atoms with van der Waals surface area (Å²) in [4.78, 5) is 12.0.